The summed E-state index contributed by atoms with van der Waals surface area (Å²) < 4.78 is 11.2. The number of benzene rings is 2. The van der Waals surface area contributed by atoms with Crippen molar-refractivity contribution in [3.63, 3.8) is 0 Å². The van der Waals surface area contributed by atoms with Crippen molar-refractivity contribution >= 4 is 5.97 Å². The number of aryl methyl sites for hydroxylation is 1. The Labute approximate surface area is 207 Å². The molecule has 3 heteroatoms. The molecule has 2 aromatic carbocycles. The summed E-state index contributed by atoms with van der Waals surface area (Å²) in [6.07, 6.45) is 12.1. The van der Waals surface area contributed by atoms with Crippen LogP contribution in [0.5, 0.6) is 0 Å². The fraction of sp³-hybridized carbons (Fsp3) is 0.581. The van der Waals surface area contributed by atoms with Crippen LogP contribution in [0.25, 0.3) is 0 Å². The van der Waals surface area contributed by atoms with Crippen LogP contribution in [0.4, 0.5) is 0 Å². The van der Waals surface area contributed by atoms with E-state index in [0.717, 1.165) is 18.4 Å². The molecule has 0 bridgehead atoms. The van der Waals surface area contributed by atoms with Crippen LogP contribution < -0.4 is 0 Å². The number of rotatable bonds is 14. The highest BCUT2D eigenvalue weighted by Crippen LogP contribution is 2.38. The van der Waals surface area contributed by atoms with E-state index < -0.39 is 0 Å². The van der Waals surface area contributed by atoms with Crippen LogP contribution in [0.2, 0.25) is 0 Å². The van der Waals surface area contributed by atoms with Crippen LogP contribution in [0.1, 0.15) is 94.2 Å². The number of unbranched alkanes of at least 4 members (excludes halogenated alkanes) is 2. The van der Waals surface area contributed by atoms with Gasteiger partial charge in [-0.3, -0.25) is 4.79 Å². The lowest BCUT2D eigenvalue weighted by atomic mass is 9.76. The van der Waals surface area contributed by atoms with E-state index in [9.17, 15) is 4.79 Å². The summed E-state index contributed by atoms with van der Waals surface area (Å²) >= 11 is 0. The third-order valence-corrected chi connectivity index (χ3v) is 7.34. The average molecular weight is 465 g/mol. The molecule has 0 heterocycles. The van der Waals surface area contributed by atoms with Gasteiger partial charge in [-0.25, -0.2) is 0 Å². The van der Waals surface area contributed by atoms with Crippen LogP contribution in [0, 0.1) is 11.8 Å². The van der Waals surface area contributed by atoms with Gasteiger partial charge >= 0.3 is 5.97 Å². The molecule has 0 radical (unpaired) electrons. The van der Waals surface area contributed by atoms with Crippen molar-refractivity contribution in [3.8, 4) is 0 Å². The van der Waals surface area contributed by atoms with Crippen molar-refractivity contribution in [3.05, 3.63) is 71.3 Å². The summed E-state index contributed by atoms with van der Waals surface area (Å²) in [6.45, 7) is 5.54. The number of carbonyl (C=O) groups is 1. The fourth-order valence-electron chi connectivity index (χ4n) is 5.18. The van der Waals surface area contributed by atoms with Gasteiger partial charge in [0.15, 0.2) is 0 Å². The Balaban J connectivity index is 1.41. The minimum Gasteiger partial charge on any atom is -0.466 e. The van der Waals surface area contributed by atoms with Crippen molar-refractivity contribution in [2.75, 3.05) is 13.2 Å². The fourth-order valence-corrected chi connectivity index (χ4v) is 5.18. The molecule has 3 rings (SSSR count). The number of carbonyl (C=O) groups excluding carboxylic acids is 1. The van der Waals surface area contributed by atoms with Gasteiger partial charge in [0, 0.05) is 0 Å². The first-order valence-electron chi connectivity index (χ1n) is 13.6. The zero-order valence-electron chi connectivity index (χ0n) is 21.3. The van der Waals surface area contributed by atoms with Gasteiger partial charge in [0.1, 0.15) is 0 Å². The Kier molecular flexibility index (Phi) is 11.7. The van der Waals surface area contributed by atoms with Gasteiger partial charge in [0.05, 0.1) is 25.7 Å². The van der Waals surface area contributed by atoms with E-state index in [2.05, 4.69) is 43.3 Å². The lowest BCUT2D eigenvalue weighted by Gasteiger charge is -2.29. The molecular weight excluding hydrogens is 420 g/mol. The molecule has 0 aliphatic heterocycles. The first-order chi connectivity index (χ1) is 16.7. The zero-order valence-corrected chi connectivity index (χ0v) is 21.3. The summed E-state index contributed by atoms with van der Waals surface area (Å²) in [5.74, 6) is 1.12. The Hall–Kier alpha value is -2.13. The van der Waals surface area contributed by atoms with E-state index in [-0.39, 0.29) is 11.9 Å². The monoisotopic (exact) mass is 464 g/mol. The van der Waals surface area contributed by atoms with E-state index in [1.807, 2.05) is 25.1 Å². The molecule has 1 aliphatic rings. The largest absolute Gasteiger partial charge is 0.466 e. The molecule has 1 atom stereocenters. The minimum absolute atomic E-state index is 0.108. The molecule has 0 aromatic heterocycles. The van der Waals surface area contributed by atoms with Crippen molar-refractivity contribution in [1.29, 1.82) is 0 Å². The Morgan fingerprint density at radius 3 is 2.32 bits per heavy atom. The topological polar surface area (TPSA) is 35.5 Å². The van der Waals surface area contributed by atoms with Crippen LogP contribution >= 0.6 is 0 Å². The van der Waals surface area contributed by atoms with Crippen molar-refractivity contribution < 1.29 is 14.3 Å². The number of esters is 1. The van der Waals surface area contributed by atoms with Crippen LogP contribution in [-0.2, 0) is 27.3 Å². The summed E-state index contributed by atoms with van der Waals surface area (Å²) in [5.41, 5.74) is 4.12. The predicted octanol–water partition coefficient (Wildman–Crippen LogP) is 7.87. The van der Waals surface area contributed by atoms with Crippen molar-refractivity contribution in [2.24, 2.45) is 11.8 Å². The van der Waals surface area contributed by atoms with Crippen LogP contribution in [0.3, 0.4) is 0 Å². The summed E-state index contributed by atoms with van der Waals surface area (Å²) in [4.78, 5) is 12.5. The highest BCUT2D eigenvalue weighted by atomic mass is 16.5. The van der Waals surface area contributed by atoms with Crippen LogP contribution in [-0.4, -0.2) is 19.2 Å². The lowest BCUT2D eigenvalue weighted by Crippen LogP contribution is -2.24. The van der Waals surface area contributed by atoms with Gasteiger partial charge in [-0.1, -0.05) is 74.4 Å². The third-order valence-electron chi connectivity index (χ3n) is 7.34. The molecule has 1 fully saturated rings. The molecule has 0 amide bonds. The zero-order chi connectivity index (χ0) is 24.0. The van der Waals surface area contributed by atoms with Gasteiger partial charge in [0.2, 0.25) is 0 Å². The van der Waals surface area contributed by atoms with Gasteiger partial charge in [-0.2, -0.15) is 0 Å². The number of hydrogen-bond acceptors (Lipinski definition) is 3. The number of hydrogen-bond donors (Lipinski definition) is 0. The van der Waals surface area contributed by atoms with Crippen molar-refractivity contribution in [2.45, 2.75) is 90.6 Å². The highest BCUT2D eigenvalue weighted by molar-refractivity contribution is 5.72. The second-order valence-electron chi connectivity index (χ2n) is 9.94. The molecule has 2 aromatic rings. The molecule has 1 aliphatic carbocycles. The summed E-state index contributed by atoms with van der Waals surface area (Å²) in [5, 5.41) is 0. The van der Waals surface area contributed by atoms with Gasteiger partial charge in [-0.15, -0.1) is 0 Å². The standard InChI is InChI=1S/C31H44O3/c1-3-5-7-10-25-13-18-28(19-14-25)29-20-15-26(16-21-29)17-22-30(31(32)34-4-2)24-33-23-27-11-8-6-9-12-27/h6,8-9,11-14,18-19,26,29-30H,3-5,7,10,15-17,20-24H2,1-2H3. The second kappa shape index (κ2) is 15.0. The molecular formula is C31H44O3. The Morgan fingerprint density at radius 2 is 1.65 bits per heavy atom. The van der Waals surface area contributed by atoms with Crippen LogP contribution in [0.15, 0.2) is 54.6 Å². The third kappa shape index (κ3) is 8.91. The molecule has 1 saturated carbocycles. The second-order valence-corrected chi connectivity index (χ2v) is 9.94. The van der Waals surface area contributed by atoms with Gasteiger partial charge < -0.3 is 9.47 Å². The SMILES string of the molecule is CCCCCc1ccc(C2CCC(CCC(COCc3ccccc3)C(=O)OCC)CC2)cc1. The van der Waals surface area contributed by atoms with E-state index in [0.29, 0.717) is 31.7 Å². The Morgan fingerprint density at radius 1 is 0.912 bits per heavy atom. The normalized spacial score (nSPS) is 19.0. The summed E-state index contributed by atoms with van der Waals surface area (Å²) in [6, 6.07) is 19.6. The highest BCUT2D eigenvalue weighted by Gasteiger charge is 2.26. The first kappa shape index (κ1) is 26.5. The molecule has 1 unspecified atom stereocenters. The summed E-state index contributed by atoms with van der Waals surface area (Å²) in [7, 11) is 0. The molecule has 34 heavy (non-hydrogen) atoms. The maximum absolute atomic E-state index is 12.5. The molecule has 186 valence electrons. The maximum Gasteiger partial charge on any atom is 0.311 e. The molecule has 0 saturated heterocycles. The first-order valence-corrected chi connectivity index (χ1v) is 13.6. The van der Waals surface area contributed by atoms with Gasteiger partial charge in [-0.05, 0) is 86.8 Å². The van der Waals surface area contributed by atoms with Gasteiger partial charge in [0.25, 0.3) is 0 Å². The maximum atomic E-state index is 12.5. The lowest BCUT2D eigenvalue weighted by molar-refractivity contribution is -0.150. The quantitative estimate of drug-likeness (QED) is 0.211. The minimum atomic E-state index is -0.165. The molecule has 0 N–H and O–H groups in total. The average Bonchev–Trinajstić information content (AvgIpc) is 2.88. The Bertz CT molecular complexity index is 806. The molecule has 3 nitrogen and oxygen atoms in total. The smallest absolute Gasteiger partial charge is 0.311 e. The predicted molar refractivity (Wildman–Crippen MR) is 140 cm³/mol. The number of ether oxygens (including phenoxy) is 2. The van der Waals surface area contributed by atoms with E-state index in [1.165, 1.54) is 62.5 Å². The van der Waals surface area contributed by atoms with E-state index in [1.54, 1.807) is 0 Å². The molecule has 0 spiro atoms. The van der Waals surface area contributed by atoms with E-state index >= 15 is 0 Å². The van der Waals surface area contributed by atoms with Crippen molar-refractivity contribution in [1.82, 2.24) is 0 Å². The van der Waals surface area contributed by atoms with E-state index in [4.69, 9.17) is 9.47 Å².